The lowest BCUT2D eigenvalue weighted by atomic mass is 10.1. The van der Waals surface area contributed by atoms with Gasteiger partial charge in [-0.1, -0.05) is 12.1 Å². The fraction of sp³-hybridized carbons (Fsp3) is 0.300. The van der Waals surface area contributed by atoms with E-state index in [1.165, 1.54) is 0 Å². The number of benzene rings is 1. The molecule has 0 saturated heterocycles. The highest BCUT2D eigenvalue weighted by molar-refractivity contribution is 5.75. The van der Waals surface area contributed by atoms with Crippen LogP contribution >= 0.6 is 0 Å². The third-order valence-corrected chi connectivity index (χ3v) is 1.95. The summed E-state index contributed by atoms with van der Waals surface area (Å²) in [5.41, 5.74) is 5.92. The van der Waals surface area contributed by atoms with Crippen molar-refractivity contribution in [2.45, 2.75) is 13.0 Å². The summed E-state index contributed by atoms with van der Waals surface area (Å²) in [7, 11) is 0. The number of hydrogen-bond donors (Lipinski definition) is 3. The van der Waals surface area contributed by atoms with Crippen molar-refractivity contribution in [1.82, 2.24) is 5.32 Å². The molecule has 0 aliphatic heterocycles. The molecule has 1 atom stereocenters. The lowest BCUT2D eigenvalue weighted by Gasteiger charge is -2.12. The zero-order valence-corrected chi connectivity index (χ0v) is 8.03. The van der Waals surface area contributed by atoms with Crippen molar-refractivity contribution in [2.75, 3.05) is 6.54 Å². The molecule has 0 aliphatic rings. The van der Waals surface area contributed by atoms with Crippen LogP contribution in [0.15, 0.2) is 24.3 Å². The number of carbonyl (C=O) groups excluding carboxylic acids is 1. The van der Waals surface area contributed by atoms with Gasteiger partial charge in [0.15, 0.2) is 0 Å². The molecule has 14 heavy (non-hydrogen) atoms. The Hall–Kier alpha value is -1.55. The quantitative estimate of drug-likeness (QED) is 0.654. The van der Waals surface area contributed by atoms with Gasteiger partial charge in [0.25, 0.3) is 0 Å². The van der Waals surface area contributed by atoms with Crippen molar-refractivity contribution in [3.63, 3.8) is 0 Å². The molecule has 0 heterocycles. The van der Waals surface area contributed by atoms with Crippen LogP contribution in [0.2, 0.25) is 0 Å². The van der Waals surface area contributed by atoms with Gasteiger partial charge in [-0.15, -0.1) is 0 Å². The van der Waals surface area contributed by atoms with E-state index in [0.717, 1.165) is 5.56 Å². The molecule has 1 unspecified atom stereocenters. The summed E-state index contributed by atoms with van der Waals surface area (Å²) in [5.74, 6) is -0.174. The van der Waals surface area contributed by atoms with Gasteiger partial charge in [0.05, 0.1) is 6.54 Å². The average molecular weight is 194 g/mol. The van der Waals surface area contributed by atoms with Crippen LogP contribution in [0.25, 0.3) is 0 Å². The van der Waals surface area contributed by atoms with Crippen molar-refractivity contribution in [3.8, 4) is 5.75 Å². The first-order valence-electron chi connectivity index (χ1n) is 4.40. The van der Waals surface area contributed by atoms with Crippen LogP contribution < -0.4 is 11.1 Å². The molecule has 0 spiro atoms. The summed E-state index contributed by atoms with van der Waals surface area (Å²) in [6.07, 6.45) is 0. The van der Waals surface area contributed by atoms with Crippen LogP contribution in [-0.4, -0.2) is 17.6 Å². The van der Waals surface area contributed by atoms with Crippen LogP contribution in [0.5, 0.6) is 5.75 Å². The minimum absolute atomic E-state index is 0.00500. The highest BCUT2D eigenvalue weighted by Crippen LogP contribution is 2.17. The van der Waals surface area contributed by atoms with Crippen LogP contribution in [-0.2, 0) is 4.79 Å². The molecule has 1 aromatic carbocycles. The van der Waals surface area contributed by atoms with E-state index < -0.39 is 5.91 Å². The zero-order valence-electron chi connectivity index (χ0n) is 8.03. The number of nitrogens with one attached hydrogen (secondary N) is 1. The Bertz CT molecular complexity index is 326. The van der Waals surface area contributed by atoms with Crippen LogP contribution in [0.1, 0.15) is 18.5 Å². The maximum atomic E-state index is 10.5. The van der Waals surface area contributed by atoms with Gasteiger partial charge >= 0.3 is 0 Å². The van der Waals surface area contributed by atoms with E-state index in [1.807, 2.05) is 13.0 Å². The number of aromatic hydroxyl groups is 1. The molecule has 0 bridgehead atoms. The van der Waals surface area contributed by atoms with E-state index in [2.05, 4.69) is 5.32 Å². The summed E-state index contributed by atoms with van der Waals surface area (Å²) in [6.45, 7) is 2.04. The minimum Gasteiger partial charge on any atom is -0.508 e. The summed E-state index contributed by atoms with van der Waals surface area (Å²) in [4.78, 5) is 10.5. The third kappa shape index (κ3) is 3.06. The number of nitrogens with two attached hydrogens (primary N) is 1. The molecule has 4 N–H and O–H groups in total. The summed E-state index contributed by atoms with van der Waals surface area (Å²) in [6, 6.07) is 6.88. The molecule has 4 nitrogen and oxygen atoms in total. The Morgan fingerprint density at radius 3 is 2.93 bits per heavy atom. The number of primary amides is 1. The molecule has 1 rings (SSSR count). The van der Waals surface area contributed by atoms with Gasteiger partial charge in [0.1, 0.15) is 5.75 Å². The number of phenolic OH excluding ortho intramolecular Hbond substituents is 1. The molecule has 76 valence electrons. The van der Waals surface area contributed by atoms with Crippen LogP contribution in [0, 0.1) is 0 Å². The molecular formula is C10H14N2O2. The van der Waals surface area contributed by atoms with E-state index in [-0.39, 0.29) is 18.3 Å². The molecule has 0 saturated carbocycles. The molecule has 0 aliphatic carbocycles. The molecule has 4 heteroatoms. The van der Waals surface area contributed by atoms with Gasteiger partial charge in [-0.3, -0.25) is 4.79 Å². The van der Waals surface area contributed by atoms with Crippen molar-refractivity contribution in [2.24, 2.45) is 5.73 Å². The largest absolute Gasteiger partial charge is 0.508 e. The Labute approximate surface area is 82.7 Å². The Balaban J connectivity index is 2.60. The molecule has 1 amide bonds. The second-order valence-corrected chi connectivity index (χ2v) is 3.16. The number of phenols is 1. The first-order chi connectivity index (χ1) is 6.59. The fourth-order valence-electron chi connectivity index (χ4n) is 1.17. The predicted molar refractivity (Wildman–Crippen MR) is 53.7 cm³/mol. The normalized spacial score (nSPS) is 12.4. The van der Waals surface area contributed by atoms with E-state index >= 15 is 0 Å². The fourth-order valence-corrected chi connectivity index (χ4v) is 1.17. The first-order valence-corrected chi connectivity index (χ1v) is 4.40. The SMILES string of the molecule is CC(NCC(N)=O)c1cccc(O)c1. The topological polar surface area (TPSA) is 75.3 Å². The predicted octanol–water partition coefficient (Wildman–Crippen LogP) is 0.528. The van der Waals surface area contributed by atoms with Gasteiger partial charge < -0.3 is 16.2 Å². The minimum atomic E-state index is -0.392. The summed E-state index contributed by atoms with van der Waals surface area (Å²) in [5, 5.41) is 12.2. The monoisotopic (exact) mass is 194 g/mol. The van der Waals surface area contributed by atoms with Gasteiger partial charge in [-0.2, -0.15) is 0 Å². The molecule has 1 aromatic rings. The maximum Gasteiger partial charge on any atom is 0.231 e. The smallest absolute Gasteiger partial charge is 0.231 e. The molecular weight excluding hydrogens is 180 g/mol. The van der Waals surface area contributed by atoms with Crippen molar-refractivity contribution < 1.29 is 9.90 Å². The van der Waals surface area contributed by atoms with Gasteiger partial charge in [0, 0.05) is 6.04 Å². The Morgan fingerprint density at radius 2 is 2.36 bits per heavy atom. The Morgan fingerprint density at radius 1 is 1.64 bits per heavy atom. The number of carbonyl (C=O) groups is 1. The standard InChI is InChI=1S/C10H14N2O2/c1-7(12-6-10(11)14)8-3-2-4-9(13)5-8/h2-5,7,12-13H,6H2,1H3,(H2,11,14). The summed E-state index contributed by atoms with van der Waals surface area (Å²) < 4.78 is 0. The first kappa shape index (κ1) is 10.5. The van der Waals surface area contributed by atoms with Crippen molar-refractivity contribution >= 4 is 5.91 Å². The molecule has 0 radical (unpaired) electrons. The van der Waals surface area contributed by atoms with Gasteiger partial charge in [0.2, 0.25) is 5.91 Å². The second kappa shape index (κ2) is 4.62. The lowest BCUT2D eigenvalue weighted by molar-refractivity contribution is -0.117. The zero-order chi connectivity index (χ0) is 10.6. The van der Waals surface area contributed by atoms with Crippen LogP contribution in [0.4, 0.5) is 0 Å². The molecule has 0 fully saturated rings. The van der Waals surface area contributed by atoms with E-state index in [4.69, 9.17) is 5.73 Å². The summed E-state index contributed by atoms with van der Waals surface area (Å²) >= 11 is 0. The van der Waals surface area contributed by atoms with Crippen LogP contribution in [0.3, 0.4) is 0 Å². The van der Waals surface area contributed by atoms with Crippen molar-refractivity contribution in [3.05, 3.63) is 29.8 Å². The maximum absolute atomic E-state index is 10.5. The average Bonchev–Trinajstić information content (AvgIpc) is 2.14. The van der Waals surface area contributed by atoms with Gasteiger partial charge in [-0.05, 0) is 24.6 Å². The van der Waals surface area contributed by atoms with Crippen molar-refractivity contribution in [1.29, 1.82) is 0 Å². The number of hydrogen-bond acceptors (Lipinski definition) is 3. The van der Waals surface area contributed by atoms with Gasteiger partial charge in [-0.25, -0.2) is 0 Å². The second-order valence-electron chi connectivity index (χ2n) is 3.16. The third-order valence-electron chi connectivity index (χ3n) is 1.95. The Kier molecular flexibility index (Phi) is 3.48. The number of amides is 1. The lowest BCUT2D eigenvalue weighted by Crippen LogP contribution is -2.30. The highest BCUT2D eigenvalue weighted by Gasteiger charge is 2.05. The van der Waals surface area contributed by atoms with E-state index in [9.17, 15) is 9.90 Å². The van der Waals surface area contributed by atoms with E-state index in [1.54, 1.807) is 18.2 Å². The van der Waals surface area contributed by atoms with E-state index in [0.29, 0.717) is 0 Å². The molecule has 0 aromatic heterocycles. The highest BCUT2D eigenvalue weighted by atomic mass is 16.3. The number of rotatable bonds is 4.